The molecule has 1 aromatic rings. The molecule has 2 aliphatic rings. The topological polar surface area (TPSA) is 21.3 Å². The summed E-state index contributed by atoms with van der Waals surface area (Å²) in [6.07, 6.45) is 8.59. The molecule has 2 fully saturated rings. The van der Waals surface area contributed by atoms with Gasteiger partial charge in [0.25, 0.3) is 0 Å². The summed E-state index contributed by atoms with van der Waals surface area (Å²) in [6, 6.07) is 6.43. The minimum absolute atomic E-state index is 0.132. The van der Waals surface area contributed by atoms with Crippen LogP contribution < -0.4 is 5.32 Å². The number of anilines is 1. The van der Waals surface area contributed by atoms with Gasteiger partial charge in [-0.05, 0) is 43.9 Å². The lowest BCUT2D eigenvalue weighted by Gasteiger charge is -2.44. The molecule has 1 atom stereocenters. The lowest BCUT2D eigenvalue weighted by atomic mass is 9.78. The van der Waals surface area contributed by atoms with Crippen LogP contribution in [0.3, 0.4) is 0 Å². The van der Waals surface area contributed by atoms with Crippen LogP contribution in [0.1, 0.15) is 44.9 Å². The van der Waals surface area contributed by atoms with Crippen molar-refractivity contribution < 1.29 is 4.74 Å². The molecule has 0 aromatic heterocycles. The number of ether oxygens (including phenoxy) is 1. The highest BCUT2D eigenvalue weighted by molar-refractivity contribution is 9.10. The predicted octanol–water partition coefficient (Wildman–Crippen LogP) is 5.40. The van der Waals surface area contributed by atoms with Gasteiger partial charge in [0, 0.05) is 17.1 Å². The Kier molecular flexibility index (Phi) is 4.58. The van der Waals surface area contributed by atoms with Gasteiger partial charge in [-0.2, -0.15) is 0 Å². The van der Waals surface area contributed by atoms with E-state index in [4.69, 9.17) is 16.3 Å². The lowest BCUT2D eigenvalue weighted by Crippen LogP contribution is -2.45. The Balaban J connectivity index is 1.69. The minimum atomic E-state index is 0.132. The van der Waals surface area contributed by atoms with Gasteiger partial charge in [0.1, 0.15) is 0 Å². The summed E-state index contributed by atoms with van der Waals surface area (Å²) in [5.41, 5.74) is 1.16. The number of benzene rings is 1. The molecule has 20 heavy (non-hydrogen) atoms. The molecule has 1 N–H and O–H groups in total. The maximum atomic E-state index is 6.28. The molecular weight excluding hydrogens is 338 g/mol. The van der Waals surface area contributed by atoms with Crippen molar-refractivity contribution in [2.24, 2.45) is 0 Å². The lowest BCUT2D eigenvalue weighted by molar-refractivity contribution is -0.103. The van der Waals surface area contributed by atoms with Crippen LogP contribution in [0.5, 0.6) is 0 Å². The molecule has 0 radical (unpaired) electrons. The van der Waals surface area contributed by atoms with Crippen molar-refractivity contribution in [3.63, 3.8) is 0 Å². The molecule has 1 aromatic carbocycles. The van der Waals surface area contributed by atoms with Gasteiger partial charge in [0.2, 0.25) is 0 Å². The van der Waals surface area contributed by atoms with E-state index < -0.39 is 0 Å². The standard InChI is InChI=1S/C16H21BrClNO/c17-12-4-5-14(18)15(10-12)19-13-6-9-20-16(11-13)7-2-1-3-8-16/h4-5,10,13,19H,1-3,6-9,11H2. The van der Waals surface area contributed by atoms with Crippen molar-refractivity contribution >= 4 is 33.2 Å². The predicted molar refractivity (Wildman–Crippen MR) is 87.6 cm³/mol. The molecule has 1 spiro atoms. The first-order chi connectivity index (χ1) is 9.67. The van der Waals surface area contributed by atoms with Crippen LogP contribution in [-0.4, -0.2) is 18.2 Å². The second-order valence-electron chi connectivity index (χ2n) is 6.05. The van der Waals surface area contributed by atoms with Gasteiger partial charge in [-0.1, -0.05) is 46.8 Å². The van der Waals surface area contributed by atoms with Gasteiger partial charge in [-0.15, -0.1) is 0 Å². The van der Waals surface area contributed by atoms with E-state index in [9.17, 15) is 0 Å². The van der Waals surface area contributed by atoms with E-state index in [0.29, 0.717) is 6.04 Å². The van der Waals surface area contributed by atoms with Gasteiger partial charge >= 0.3 is 0 Å². The Labute approximate surface area is 134 Å². The highest BCUT2D eigenvalue weighted by Gasteiger charge is 2.38. The van der Waals surface area contributed by atoms with Gasteiger partial charge in [0.15, 0.2) is 0 Å². The highest BCUT2D eigenvalue weighted by atomic mass is 79.9. The monoisotopic (exact) mass is 357 g/mol. The largest absolute Gasteiger partial charge is 0.381 e. The number of nitrogens with one attached hydrogen (secondary N) is 1. The average molecular weight is 359 g/mol. The van der Waals surface area contributed by atoms with E-state index in [0.717, 1.165) is 34.6 Å². The molecule has 4 heteroatoms. The molecule has 1 saturated carbocycles. The van der Waals surface area contributed by atoms with Crippen LogP contribution in [0, 0.1) is 0 Å². The summed E-state index contributed by atoms with van der Waals surface area (Å²) in [5.74, 6) is 0. The van der Waals surface area contributed by atoms with E-state index in [-0.39, 0.29) is 5.60 Å². The molecule has 3 rings (SSSR count). The van der Waals surface area contributed by atoms with Crippen molar-refractivity contribution in [1.82, 2.24) is 0 Å². The first kappa shape index (κ1) is 14.7. The van der Waals surface area contributed by atoms with Crippen molar-refractivity contribution in [1.29, 1.82) is 0 Å². The average Bonchev–Trinajstić information content (AvgIpc) is 2.44. The number of halogens is 2. The molecule has 2 nitrogen and oxygen atoms in total. The van der Waals surface area contributed by atoms with E-state index >= 15 is 0 Å². The third-order valence-corrected chi connectivity index (χ3v) is 5.37. The summed E-state index contributed by atoms with van der Waals surface area (Å²) in [7, 11) is 0. The maximum absolute atomic E-state index is 6.28. The van der Waals surface area contributed by atoms with Gasteiger partial charge < -0.3 is 10.1 Å². The molecule has 0 bridgehead atoms. The van der Waals surface area contributed by atoms with Crippen LogP contribution in [0.4, 0.5) is 5.69 Å². The molecule has 1 heterocycles. The third kappa shape index (κ3) is 3.32. The SMILES string of the molecule is Clc1ccc(Br)cc1NC1CCOC2(CCCCC2)C1. The van der Waals surface area contributed by atoms with Crippen LogP contribution in [0.25, 0.3) is 0 Å². The molecule has 1 aliphatic carbocycles. The summed E-state index contributed by atoms with van der Waals surface area (Å²) < 4.78 is 7.21. The summed E-state index contributed by atoms with van der Waals surface area (Å²) in [5, 5.41) is 4.41. The number of hydrogen-bond acceptors (Lipinski definition) is 2. The Morgan fingerprint density at radius 2 is 2.05 bits per heavy atom. The quantitative estimate of drug-likeness (QED) is 0.764. The van der Waals surface area contributed by atoms with Crippen LogP contribution in [0.2, 0.25) is 5.02 Å². The zero-order chi connectivity index (χ0) is 14.0. The second kappa shape index (κ2) is 6.25. The van der Waals surface area contributed by atoms with Crippen LogP contribution in [0.15, 0.2) is 22.7 Å². The molecular formula is C16H21BrClNO. The molecule has 1 aliphatic heterocycles. The fourth-order valence-corrected chi connectivity index (χ4v) is 4.06. The smallest absolute Gasteiger partial charge is 0.0702 e. The van der Waals surface area contributed by atoms with E-state index in [1.54, 1.807) is 0 Å². The van der Waals surface area contributed by atoms with Crippen molar-refractivity contribution in [2.75, 3.05) is 11.9 Å². The Morgan fingerprint density at radius 3 is 2.85 bits per heavy atom. The Morgan fingerprint density at radius 1 is 1.25 bits per heavy atom. The van der Waals surface area contributed by atoms with Crippen molar-refractivity contribution in [2.45, 2.75) is 56.6 Å². The minimum Gasteiger partial charge on any atom is -0.381 e. The zero-order valence-electron chi connectivity index (χ0n) is 11.6. The van der Waals surface area contributed by atoms with Gasteiger partial charge in [-0.3, -0.25) is 0 Å². The molecule has 0 amide bonds. The van der Waals surface area contributed by atoms with Gasteiger partial charge in [-0.25, -0.2) is 0 Å². The fraction of sp³-hybridized carbons (Fsp3) is 0.625. The third-order valence-electron chi connectivity index (χ3n) is 4.55. The molecule has 1 saturated heterocycles. The fourth-order valence-electron chi connectivity index (χ4n) is 3.52. The van der Waals surface area contributed by atoms with E-state index in [2.05, 4.69) is 27.3 Å². The normalized spacial score (nSPS) is 25.6. The summed E-state index contributed by atoms with van der Waals surface area (Å²) >= 11 is 9.79. The summed E-state index contributed by atoms with van der Waals surface area (Å²) in [4.78, 5) is 0. The number of rotatable bonds is 2. The first-order valence-electron chi connectivity index (χ1n) is 7.52. The molecule has 1 unspecified atom stereocenters. The maximum Gasteiger partial charge on any atom is 0.0702 e. The second-order valence-corrected chi connectivity index (χ2v) is 7.37. The number of hydrogen-bond donors (Lipinski definition) is 1. The Hall–Kier alpha value is -0.250. The van der Waals surface area contributed by atoms with Gasteiger partial charge in [0.05, 0.1) is 16.3 Å². The van der Waals surface area contributed by atoms with Crippen LogP contribution in [-0.2, 0) is 4.74 Å². The summed E-state index contributed by atoms with van der Waals surface area (Å²) in [6.45, 7) is 0.864. The van der Waals surface area contributed by atoms with Crippen molar-refractivity contribution in [3.05, 3.63) is 27.7 Å². The van der Waals surface area contributed by atoms with Crippen molar-refractivity contribution in [3.8, 4) is 0 Å². The zero-order valence-corrected chi connectivity index (χ0v) is 14.0. The first-order valence-corrected chi connectivity index (χ1v) is 8.70. The van der Waals surface area contributed by atoms with E-state index in [1.165, 1.54) is 32.1 Å². The molecule has 110 valence electrons. The van der Waals surface area contributed by atoms with Crippen LogP contribution >= 0.6 is 27.5 Å². The highest BCUT2D eigenvalue weighted by Crippen LogP contribution is 2.39. The van der Waals surface area contributed by atoms with E-state index in [1.807, 2.05) is 12.1 Å². The Bertz CT molecular complexity index is 468.